The topological polar surface area (TPSA) is 23.6 Å². The summed E-state index contributed by atoms with van der Waals surface area (Å²) in [6.45, 7) is 17.7. The fourth-order valence-electron chi connectivity index (χ4n) is 4.23. The Bertz CT molecular complexity index is 700. The van der Waals surface area contributed by atoms with Crippen LogP contribution in [-0.2, 0) is 4.79 Å². The molecule has 1 unspecified atom stereocenters. The molecule has 1 rings (SSSR count). The molecule has 3 nitrogen and oxygen atoms in total. The minimum Gasteiger partial charge on any atom is -0.298 e. The summed E-state index contributed by atoms with van der Waals surface area (Å²) in [6.07, 6.45) is 17.5. The van der Waals surface area contributed by atoms with Crippen LogP contribution in [-0.4, -0.2) is 59.7 Å². The molecule has 0 saturated carbocycles. The van der Waals surface area contributed by atoms with Crippen molar-refractivity contribution in [2.24, 2.45) is 0 Å². The van der Waals surface area contributed by atoms with Gasteiger partial charge in [-0.2, -0.15) is 0 Å². The van der Waals surface area contributed by atoms with Crippen LogP contribution in [0, 0.1) is 0 Å². The van der Waals surface area contributed by atoms with E-state index < -0.39 is 0 Å². The Hall–Kier alpha value is -0.970. The number of piperazine rings is 1. The first kappa shape index (κ1) is 30.1. The van der Waals surface area contributed by atoms with Crippen LogP contribution in [0.4, 0.5) is 0 Å². The van der Waals surface area contributed by atoms with Crippen LogP contribution in [0.15, 0.2) is 46.6 Å². The molecule has 188 valence electrons. The van der Waals surface area contributed by atoms with E-state index >= 15 is 0 Å². The van der Waals surface area contributed by atoms with Gasteiger partial charge in [0.15, 0.2) is 0 Å². The lowest BCUT2D eigenvalue weighted by molar-refractivity contribution is -0.124. The van der Waals surface area contributed by atoms with Crippen molar-refractivity contribution in [2.45, 2.75) is 92.5 Å². The second-order valence-corrected chi connectivity index (χ2v) is 10.8. The molecule has 33 heavy (non-hydrogen) atoms. The van der Waals surface area contributed by atoms with Crippen molar-refractivity contribution in [3.8, 4) is 0 Å². The van der Waals surface area contributed by atoms with Crippen LogP contribution < -0.4 is 0 Å². The summed E-state index contributed by atoms with van der Waals surface area (Å²) < 4.78 is 0. The van der Waals surface area contributed by atoms with E-state index in [-0.39, 0.29) is 6.04 Å². The van der Waals surface area contributed by atoms with Gasteiger partial charge in [-0.05, 0) is 93.0 Å². The SMILES string of the molecule is CC(=O)C1CN(C/C=C(\C)CC/C=C(\C)CC/C=C(\C)CCC=C(C)C)CCN1CCCBr. The minimum absolute atomic E-state index is 0.0574. The monoisotopic (exact) mass is 520 g/mol. The molecule has 0 aromatic heterocycles. The zero-order valence-electron chi connectivity index (χ0n) is 22.3. The minimum atomic E-state index is 0.0574. The summed E-state index contributed by atoms with van der Waals surface area (Å²) >= 11 is 3.51. The quantitative estimate of drug-likeness (QED) is 0.165. The van der Waals surface area contributed by atoms with Gasteiger partial charge >= 0.3 is 0 Å². The Morgan fingerprint density at radius 3 is 1.88 bits per heavy atom. The van der Waals surface area contributed by atoms with Gasteiger partial charge in [0.25, 0.3) is 0 Å². The number of rotatable bonds is 15. The predicted molar refractivity (Wildman–Crippen MR) is 149 cm³/mol. The van der Waals surface area contributed by atoms with Crippen molar-refractivity contribution in [3.05, 3.63) is 46.6 Å². The van der Waals surface area contributed by atoms with Gasteiger partial charge in [0.05, 0.1) is 6.04 Å². The molecular formula is C29H49BrN2O. The third kappa shape index (κ3) is 14.1. The molecule has 4 heteroatoms. The summed E-state index contributed by atoms with van der Waals surface area (Å²) in [5, 5.41) is 1.00. The first-order valence-electron chi connectivity index (χ1n) is 12.9. The van der Waals surface area contributed by atoms with Gasteiger partial charge in [0, 0.05) is 31.5 Å². The van der Waals surface area contributed by atoms with Gasteiger partial charge in [-0.15, -0.1) is 0 Å². The highest BCUT2D eigenvalue weighted by Gasteiger charge is 2.29. The number of allylic oxidation sites excluding steroid dienone is 7. The van der Waals surface area contributed by atoms with Crippen LogP contribution in [0.1, 0.15) is 86.5 Å². The summed E-state index contributed by atoms with van der Waals surface area (Å²) in [4.78, 5) is 16.9. The maximum Gasteiger partial charge on any atom is 0.148 e. The highest BCUT2D eigenvalue weighted by molar-refractivity contribution is 9.09. The molecule has 0 aromatic carbocycles. The number of carbonyl (C=O) groups excluding carboxylic acids is 1. The van der Waals surface area contributed by atoms with Gasteiger partial charge in [0.2, 0.25) is 0 Å². The Morgan fingerprint density at radius 2 is 1.36 bits per heavy atom. The summed E-state index contributed by atoms with van der Waals surface area (Å²) in [6, 6.07) is 0.0574. The van der Waals surface area contributed by atoms with E-state index in [0.717, 1.165) is 76.6 Å². The largest absolute Gasteiger partial charge is 0.298 e. The molecule has 1 aliphatic rings. The fourth-order valence-corrected chi connectivity index (χ4v) is 4.48. The van der Waals surface area contributed by atoms with Gasteiger partial charge in [-0.3, -0.25) is 14.6 Å². The van der Waals surface area contributed by atoms with Crippen molar-refractivity contribution >= 4 is 21.7 Å². The predicted octanol–water partition coefficient (Wildman–Crippen LogP) is 7.49. The van der Waals surface area contributed by atoms with Gasteiger partial charge < -0.3 is 0 Å². The maximum atomic E-state index is 12.1. The van der Waals surface area contributed by atoms with Gasteiger partial charge in [-0.1, -0.05) is 62.5 Å². The molecule has 1 aliphatic heterocycles. The molecule has 1 heterocycles. The number of carbonyl (C=O) groups is 1. The Morgan fingerprint density at radius 1 is 0.818 bits per heavy atom. The van der Waals surface area contributed by atoms with E-state index in [9.17, 15) is 4.79 Å². The fraction of sp³-hybridized carbons (Fsp3) is 0.690. The molecule has 0 radical (unpaired) electrons. The van der Waals surface area contributed by atoms with Crippen molar-refractivity contribution in [2.75, 3.05) is 38.1 Å². The summed E-state index contributed by atoms with van der Waals surface area (Å²) in [5.41, 5.74) is 5.87. The third-order valence-electron chi connectivity index (χ3n) is 6.48. The van der Waals surface area contributed by atoms with E-state index in [2.05, 4.69) is 84.7 Å². The highest BCUT2D eigenvalue weighted by atomic mass is 79.9. The highest BCUT2D eigenvalue weighted by Crippen LogP contribution is 2.15. The maximum absolute atomic E-state index is 12.1. The number of nitrogens with zero attached hydrogens (tertiary/aromatic N) is 2. The smallest absolute Gasteiger partial charge is 0.148 e. The number of alkyl halides is 1. The zero-order valence-corrected chi connectivity index (χ0v) is 23.8. The van der Waals surface area contributed by atoms with E-state index in [4.69, 9.17) is 0 Å². The molecule has 0 spiro atoms. The Labute approximate surface area is 213 Å². The molecule has 1 atom stereocenters. The van der Waals surface area contributed by atoms with E-state index in [0.29, 0.717) is 5.78 Å². The molecule has 0 aliphatic carbocycles. The first-order valence-corrected chi connectivity index (χ1v) is 14.0. The molecule has 0 N–H and O–H groups in total. The second kappa shape index (κ2) is 17.5. The Kier molecular flexibility index (Phi) is 15.9. The van der Waals surface area contributed by atoms with Crippen molar-refractivity contribution in [1.29, 1.82) is 0 Å². The van der Waals surface area contributed by atoms with Gasteiger partial charge in [0.1, 0.15) is 5.78 Å². The molecular weight excluding hydrogens is 472 g/mol. The van der Waals surface area contributed by atoms with E-state index in [1.54, 1.807) is 6.92 Å². The summed E-state index contributed by atoms with van der Waals surface area (Å²) in [5.74, 6) is 0.300. The molecule has 0 aromatic rings. The molecule has 1 fully saturated rings. The van der Waals surface area contributed by atoms with Crippen LogP contribution in [0.5, 0.6) is 0 Å². The number of hydrogen-bond acceptors (Lipinski definition) is 3. The lowest BCUT2D eigenvalue weighted by atomic mass is 10.0. The number of hydrogen-bond donors (Lipinski definition) is 0. The van der Waals surface area contributed by atoms with Crippen molar-refractivity contribution in [3.63, 3.8) is 0 Å². The van der Waals surface area contributed by atoms with E-state index in [1.807, 2.05) is 0 Å². The molecule has 0 amide bonds. The number of Topliss-reactive ketones (excluding diaryl/α,β-unsaturated/α-hetero) is 1. The lowest BCUT2D eigenvalue weighted by Crippen LogP contribution is -2.56. The number of halogens is 1. The second-order valence-electron chi connectivity index (χ2n) is 10.0. The molecule has 1 saturated heterocycles. The standard InChI is InChI=1S/C29H49BrN2O/c1-24(2)11-7-12-25(3)13-8-14-26(4)15-9-16-27(5)17-20-31-21-22-32(19-10-18-30)29(23-31)28(6)33/h11,13,15,17,29H,7-10,12,14,16,18-23H2,1-6H3/b25-13+,26-15+,27-17+. The van der Waals surface area contributed by atoms with Crippen LogP contribution in [0.25, 0.3) is 0 Å². The number of ketones is 1. The third-order valence-corrected chi connectivity index (χ3v) is 7.04. The zero-order chi connectivity index (χ0) is 24.6. The van der Waals surface area contributed by atoms with E-state index in [1.165, 1.54) is 28.7 Å². The normalized spacial score (nSPS) is 19.1. The Balaban J connectivity index is 2.35. The first-order chi connectivity index (χ1) is 15.7. The van der Waals surface area contributed by atoms with Crippen LogP contribution >= 0.6 is 15.9 Å². The average molecular weight is 522 g/mol. The average Bonchev–Trinajstić information content (AvgIpc) is 2.76. The van der Waals surface area contributed by atoms with Gasteiger partial charge in [-0.25, -0.2) is 0 Å². The van der Waals surface area contributed by atoms with Crippen LogP contribution in [0.2, 0.25) is 0 Å². The van der Waals surface area contributed by atoms with Crippen molar-refractivity contribution in [1.82, 2.24) is 9.80 Å². The lowest BCUT2D eigenvalue weighted by Gasteiger charge is -2.40. The van der Waals surface area contributed by atoms with Crippen molar-refractivity contribution < 1.29 is 4.79 Å². The molecule has 0 bridgehead atoms. The summed E-state index contributed by atoms with van der Waals surface area (Å²) in [7, 11) is 0. The van der Waals surface area contributed by atoms with Crippen LogP contribution in [0.3, 0.4) is 0 Å².